The van der Waals surface area contributed by atoms with E-state index in [4.69, 9.17) is 0 Å². The van der Waals surface area contributed by atoms with Gasteiger partial charge < -0.3 is 5.32 Å². The molecule has 1 amide bonds. The zero-order valence-corrected chi connectivity index (χ0v) is 14.4. The number of fused-ring (bicyclic) bond motifs is 1. The number of aromatic nitrogens is 3. The highest BCUT2D eigenvalue weighted by atomic mass is 16.6. The molecule has 0 unspecified atom stereocenters. The lowest BCUT2D eigenvalue weighted by Crippen LogP contribution is -2.30. The summed E-state index contributed by atoms with van der Waals surface area (Å²) in [5.41, 5.74) is 0.482. The van der Waals surface area contributed by atoms with Gasteiger partial charge in [0.2, 0.25) is 5.91 Å². The van der Waals surface area contributed by atoms with Gasteiger partial charge in [-0.2, -0.15) is 5.10 Å². The van der Waals surface area contributed by atoms with Crippen LogP contribution in [0.4, 0.5) is 5.69 Å². The lowest BCUT2D eigenvalue weighted by Gasteiger charge is -2.09. The smallest absolute Gasteiger partial charge is 0.345 e. The minimum atomic E-state index is -0.483. The molecule has 0 saturated carbocycles. The predicted molar refractivity (Wildman–Crippen MR) is 93.9 cm³/mol. The Balaban J connectivity index is 1.46. The first-order valence-electron chi connectivity index (χ1n) is 8.71. The molecule has 0 fully saturated rings. The van der Waals surface area contributed by atoms with E-state index in [1.165, 1.54) is 16.8 Å². The maximum Gasteiger partial charge on any atom is 0.345 e. The first-order valence-corrected chi connectivity index (χ1v) is 8.71. The van der Waals surface area contributed by atoms with Crippen LogP contribution in [0, 0.1) is 10.1 Å². The van der Waals surface area contributed by atoms with Crippen LogP contribution in [0.1, 0.15) is 30.7 Å². The van der Waals surface area contributed by atoms with Gasteiger partial charge in [-0.3, -0.25) is 19.5 Å². The van der Waals surface area contributed by atoms with E-state index in [0.29, 0.717) is 25.1 Å². The summed E-state index contributed by atoms with van der Waals surface area (Å²) in [5, 5.41) is 17.9. The maximum atomic E-state index is 12.2. The first kappa shape index (κ1) is 17.8. The van der Waals surface area contributed by atoms with E-state index >= 15 is 0 Å². The van der Waals surface area contributed by atoms with Gasteiger partial charge in [-0.05, 0) is 24.8 Å². The number of non-ortho nitro benzene ring substituents is 1. The molecular formula is C17H21N5O4. The molecular weight excluding hydrogens is 338 g/mol. The van der Waals surface area contributed by atoms with Crippen molar-refractivity contribution in [1.82, 2.24) is 19.7 Å². The van der Waals surface area contributed by atoms with Crippen LogP contribution in [0.15, 0.2) is 29.1 Å². The fraction of sp³-hybridized carbons (Fsp3) is 0.471. The average molecular weight is 359 g/mol. The highest BCUT2D eigenvalue weighted by molar-refractivity contribution is 5.78. The van der Waals surface area contributed by atoms with Crippen molar-refractivity contribution in [3.63, 3.8) is 0 Å². The summed E-state index contributed by atoms with van der Waals surface area (Å²) in [5.74, 6) is 0.637. The number of nitro groups is 1. The van der Waals surface area contributed by atoms with Crippen LogP contribution in [0.3, 0.4) is 0 Å². The number of nitrogens with zero attached hydrogens (tertiary/aromatic N) is 4. The molecule has 0 bridgehead atoms. The van der Waals surface area contributed by atoms with Crippen molar-refractivity contribution in [2.24, 2.45) is 0 Å². The standard InChI is InChI=1S/C17H21N5O4/c23-16(12-13-5-3-6-14(11-13)22(25)26)18-8-4-10-21-17(24)20-9-2-1-7-15(20)19-21/h3,5-6,11H,1-2,4,7-10,12H2,(H,18,23). The van der Waals surface area contributed by atoms with E-state index in [2.05, 4.69) is 10.4 Å². The Morgan fingerprint density at radius 2 is 2.19 bits per heavy atom. The number of nitrogens with one attached hydrogen (secondary N) is 1. The second kappa shape index (κ2) is 7.94. The zero-order valence-electron chi connectivity index (χ0n) is 14.4. The molecule has 1 N–H and O–H groups in total. The molecule has 0 radical (unpaired) electrons. The van der Waals surface area contributed by atoms with Crippen LogP contribution in [0.25, 0.3) is 0 Å². The van der Waals surface area contributed by atoms with Gasteiger partial charge in [-0.1, -0.05) is 12.1 Å². The number of hydrogen-bond donors (Lipinski definition) is 1. The highest BCUT2D eigenvalue weighted by Crippen LogP contribution is 2.13. The average Bonchev–Trinajstić information content (AvgIpc) is 2.95. The number of nitro benzene ring substituents is 1. The van der Waals surface area contributed by atoms with Crippen LogP contribution < -0.4 is 11.0 Å². The van der Waals surface area contributed by atoms with E-state index in [1.54, 1.807) is 16.7 Å². The zero-order chi connectivity index (χ0) is 18.5. The quantitative estimate of drug-likeness (QED) is 0.451. The number of carbonyl (C=O) groups excluding carboxylic acids is 1. The fourth-order valence-electron chi connectivity index (χ4n) is 3.08. The Kier molecular flexibility index (Phi) is 5.45. The Labute approximate surface area is 149 Å². The first-order chi connectivity index (χ1) is 12.5. The van der Waals surface area contributed by atoms with E-state index in [-0.39, 0.29) is 23.7 Å². The van der Waals surface area contributed by atoms with Crippen molar-refractivity contribution < 1.29 is 9.72 Å². The number of benzene rings is 1. The summed E-state index contributed by atoms with van der Waals surface area (Å²) in [7, 11) is 0. The van der Waals surface area contributed by atoms with Gasteiger partial charge in [0.15, 0.2) is 0 Å². The second-order valence-electron chi connectivity index (χ2n) is 6.34. The van der Waals surface area contributed by atoms with Crippen molar-refractivity contribution >= 4 is 11.6 Å². The van der Waals surface area contributed by atoms with Crippen LogP contribution in [-0.4, -0.2) is 31.7 Å². The molecule has 1 aliphatic heterocycles. The SMILES string of the molecule is O=C(Cc1cccc([N+](=O)[O-])c1)NCCCn1nc2n(c1=O)CCCC2. The monoisotopic (exact) mass is 359 g/mol. The number of amides is 1. The number of aryl methyl sites for hydroxylation is 2. The van der Waals surface area contributed by atoms with E-state index in [9.17, 15) is 19.7 Å². The summed E-state index contributed by atoms with van der Waals surface area (Å²) >= 11 is 0. The Morgan fingerprint density at radius 1 is 1.35 bits per heavy atom. The Morgan fingerprint density at radius 3 is 2.96 bits per heavy atom. The van der Waals surface area contributed by atoms with E-state index in [1.807, 2.05) is 0 Å². The lowest BCUT2D eigenvalue weighted by molar-refractivity contribution is -0.384. The van der Waals surface area contributed by atoms with Crippen molar-refractivity contribution in [2.75, 3.05) is 6.54 Å². The Hall–Kier alpha value is -2.97. The molecule has 2 aromatic rings. The number of hydrogen-bond acceptors (Lipinski definition) is 5. The van der Waals surface area contributed by atoms with Gasteiger partial charge in [0.25, 0.3) is 5.69 Å². The normalized spacial score (nSPS) is 13.2. The molecule has 26 heavy (non-hydrogen) atoms. The van der Waals surface area contributed by atoms with Crippen molar-refractivity contribution in [3.05, 3.63) is 56.3 Å². The van der Waals surface area contributed by atoms with Crippen LogP contribution in [0.2, 0.25) is 0 Å². The molecule has 0 saturated heterocycles. The van der Waals surface area contributed by atoms with E-state index < -0.39 is 4.92 Å². The summed E-state index contributed by atoms with van der Waals surface area (Å²) < 4.78 is 3.19. The molecule has 2 heterocycles. The van der Waals surface area contributed by atoms with Gasteiger partial charge in [-0.15, -0.1) is 0 Å². The third kappa shape index (κ3) is 4.16. The third-order valence-electron chi connectivity index (χ3n) is 4.39. The summed E-state index contributed by atoms with van der Waals surface area (Å²) in [6.45, 7) is 1.60. The molecule has 9 heteroatoms. The second-order valence-corrected chi connectivity index (χ2v) is 6.34. The molecule has 0 aliphatic carbocycles. The largest absolute Gasteiger partial charge is 0.356 e. The van der Waals surface area contributed by atoms with Gasteiger partial charge in [0.05, 0.1) is 11.3 Å². The topological polar surface area (TPSA) is 112 Å². The van der Waals surface area contributed by atoms with Gasteiger partial charge >= 0.3 is 5.69 Å². The summed E-state index contributed by atoms with van der Waals surface area (Å²) in [6.07, 6.45) is 3.58. The lowest BCUT2D eigenvalue weighted by atomic mass is 10.1. The highest BCUT2D eigenvalue weighted by Gasteiger charge is 2.16. The number of rotatable bonds is 7. The molecule has 138 valence electrons. The minimum Gasteiger partial charge on any atom is -0.356 e. The molecule has 3 rings (SSSR count). The Bertz CT molecular complexity index is 870. The van der Waals surface area contributed by atoms with E-state index in [0.717, 1.165) is 31.6 Å². The van der Waals surface area contributed by atoms with Crippen LogP contribution in [-0.2, 0) is 30.7 Å². The van der Waals surface area contributed by atoms with Crippen LogP contribution in [0.5, 0.6) is 0 Å². The van der Waals surface area contributed by atoms with Crippen molar-refractivity contribution in [3.8, 4) is 0 Å². The summed E-state index contributed by atoms with van der Waals surface area (Å²) in [4.78, 5) is 34.4. The predicted octanol–water partition coefficient (Wildman–Crippen LogP) is 1.04. The van der Waals surface area contributed by atoms with Gasteiger partial charge in [0, 0.05) is 38.2 Å². The molecule has 9 nitrogen and oxygen atoms in total. The van der Waals surface area contributed by atoms with Crippen molar-refractivity contribution in [1.29, 1.82) is 0 Å². The van der Waals surface area contributed by atoms with Gasteiger partial charge in [0.1, 0.15) is 5.82 Å². The maximum absolute atomic E-state index is 12.2. The molecule has 1 aromatic carbocycles. The molecule has 0 atom stereocenters. The third-order valence-corrected chi connectivity index (χ3v) is 4.39. The van der Waals surface area contributed by atoms with Gasteiger partial charge in [-0.25, -0.2) is 9.48 Å². The minimum absolute atomic E-state index is 0.0292. The molecule has 1 aromatic heterocycles. The number of carbonyl (C=O) groups is 1. The molecule has 0 spiro atoms. The van der Waals surface area contributed by atoms with Crippen LogP contribution >= 0.6 is 0 Å². The fourth-order valence-corrected chi connectivity index (χ4v) is 3.08. The van der Waals surface area contributed by atoms with Crippen molar-refractivity contribution in [2.45, 2.75) is 45.2 Å². The molecule has 1 aliphatic rings. The summed E-state index contributed by atoms with van der Waals surface area (Å²) in [6, 6.07) is 6.04.